The molecular weight excluding hydrogens is 196 g/mol. The molecular formula is C10H18N2O3. The van der Waals surface area contributed by atoms with E-state index in [9.17, 15) is 9.90 Å². The van der Waals surface area contributed by atoms with E-state index in [1.807, 2.05) is 0 Å². The summed E-state index contributed by atoms with van der Waals surface area (Å²) in [5.41, 5.74) is -0.724. The van der Waals surface area contributed by atoms with Crippen molar-refractivity contribution in [1.82, 2.24) is 10.2 Å². The zero-order chi connectivity index (χ0) is 10.9. The maximum absolute atomic E-state index is 11.9. The van der Waals surface area contributed by atoms with Gasteiger partial charge in [0.2, 0.25) is 0 Å². The molecule has 2 N–H and O–H groups in total. The van der Waals surface area contributed by atoms with Gasteiger partial charge in [0.15, 0.2) is 0 Å². The van der Waals surface area contributed by atoms with Gasteiger partial charge in [-0.3, -0.25) is 4.79 Å². The van der Waals surface area contributed by atoms with Gasteiger partial charge < -0.3 is 20.1 Å². The molecule has 5 heteroatoms. The first kappa shape index (κ1) is 10.9. The molecule has 2 aliphatic heterocycles. The number of rotatable bonds is 1. The summed E-state index contributed by atoms with van der Waals surface area (Å²) in [7, 11) is 0. The van der Waals surface area contributed by atoms with Crippen LogP contribution in [0.15, 0.2) is 0 Å². The average molecular weight is 214 g/mol. The van der Waals surface area contributed by atoms with Gasteiger partial charge >= 0.3 is 0 Å². The third-order valence-corrected chi connectivity index (χ3v) is 2.97. The number of carbonyl (C=O) groups is 1. The van der Waals surface area contributed by atoms with Crippen LogP contribution in [-0.2, 0) is 9.53 Å². The highest BCUT2D eigenvalue weighted by Gasteiger charge is 2.37. The molecule has 0 aliphatic carbocycles. The lowest BCUT2D eigenvalue weighted by atomic mass is 10.1. The van der Waals surface area contributed by atoms with E-state index in [0.29, 0.717) is 32.7 Å². The molecule has 0 bridgehead atoms. The van der Waals surface area contributed by atoms with Crippen molar-refractivity contribution < 1.29 is 14.6 Å². The second kappa shape index (κ2) is 4.08. The molecule has 2 saturated heterocycles. The Hall–Kier alpha value is -0.650. The molecule has 0 spiro atoms. The SMILES string of the molecule is CC1(O)CCN(C(=O)C2CNCCO2)C1. The second-order valence-electron chi connectivity index (χ2n) is 4.57. The molecule has 2 aliphatic rings. The van der Waals surface area contributed by atoms with Gasteiger partial charge in [-0.2, -0.15) is 0 Å². The second-order valence-corrected chi connectivity index (χ2v) is 4.57. The highest BCUT2D eigenvalue weighted by atomic mass is 16.5. The predicted octanol–water partition coefficient (Wildman–Crippen LogP) is -1.04. The van der Waals surface area contributed by atoms with Crippen LogP contribution in [0.3, 0.4) is 0 Å². The minimum absolute atomic E-state index is 0.0000231. The van der Waals surface area contributed by atoms with Gasteiger partial charge in [0.25, 0.3) is 5.91 Å². The van der Waals surface area contributed by atoms with E-state index < -0.39 is 5.60 Å². The number of hydrogen-bond acceptors (Lipinski definition) is 4. The van der Waals surface area contributed by atoms with Gasteiger partial charge in [0.1, 0.15) is 6.10 Å². The summed E-state index contributed by atoms with van der Waals surface area (Å²) in [5, 5.41) is 12.9. The molecule has 0 aromatic heterocycles. The molecule has 2 heterocycles. The van der Waals surface area contributed by atoms with Crippen LogP contribution in [-0.4, -0.2) is 60.4 Å². The Bertz CT molecular complexity index is 249. The minimum Gasteiger partial charge on any atom is -0.388 e. The van der Waals surface area contributed by atoms with Crippen LogP contribution in [0.2, 0.25) is 0 Å². The van der Waals surface area contributed by atoms with Crippen molar-refractivity contribution in [2.24, 2.45) is 0 Å². The first-order valence-corrected chi connectivity index (χ1v) is 5.42. The van der Waals surface area contributed by atoms with Crippen molar-refractivity contribution in [1.29, 1.82) is 0 Å². The molecule has 2 fully saturated rings. The molecule has 2 atom stereocenters. The van der Waals surface area contributed by atoms with Crippen LogP contribution < -0.4 is 5.32 Å². The van der Waals surface area contributed by atoms with Gasteiger partial charge in [0, 0.05) is 26.2 Å². The molecule has 0 aromatic carbocycles. The molecule has 0 saturated carbocycles. The first-order valence-electron chi connectivity index (χ1n) is 5.42. The highest BCUT2D eigenvalue weighted by molar-refractivity contribution is 5.81. The van der Waals surface area contributed by atoms with Crippen molar-refractivity contribution in [3.63, 3.8) is 0 Å². The van der Waals surface area contributed by atoms with Gasteiger partial charge in [0.05, 0.1) is 12.2 Å². The van der Waals surface area contributed by atoms with Crippen LogP contribution in [0.25, 0.3) is 0 Å². The summed E-state index contributed by atoms with van der Waals surface area (Å²) in [5.74, 6) is -0.0000231. The Kier molecular flexibility index (Phi) is 2.95. The number of nitrogens with zero attached hydrogens (tertiary/aromatic N) is 1. The smallest absolute Gasteiger partial charge is 0.253 e. The maximum Gasteiger partial charge on any atom is 0.253 e. The number of β-amino-alcohol motifs (C(OH)–C–C–N with tert-alkyl or cyclic N) is 1. The Morgan fingerprint density at radius 1 is 1.67 bits per heavy atom. The number of hydrogen-bond donors (Lipinski definition) is 2. The molecule has 86 valence electrons. The van der Waals surface area contributed by atoms with Crippen LogP contribution in [0, 0.1) is 0 Å². The van der Waals surface area contributed by atoms with E-state index >= 15 is 0 Å². The zero-order valence-corrected chi connectivity index (χ0v) is 9.03. The van der Waals surface area contributed by atoms with Crippen molar-refractivity contribution in [3.05, 3.63) is 0 Å². The number of nitrogens with one attached hydrogen (secondary N) is 1. The summed E-state index contributed by atoms with van der Waals surface area (Å²) in [4.78, 5) is 13.6. The molecule has 5 nitrogen and oxygen atoms in total. The molecule has 2 rings (SSSR count). The zero-order valence-electron chi connectivity index (χ0n) is 9.03. The van der Waals surface area contributed by atoms with Gasteiger partial charge in [-0.15, -0.1) is 0 Å². The third-order valence-electron chi connectivity index (χ3n) is 2.97. The van der Waals surface area contributed by atoms with Crippen molar-refractivity contribution in [2.75, 3.05) is 32.8 Å². The minimum atomic E-state index is -0.724. The van der Waals surface area contributed by atoms with Crippen LogP contribution in [0.1, 0.15) is 13.3 Å². The standard InChI is InChI=1S/C10H18N2O3/c1-10(14)2-4-12(7-10)9(13)8-6-11-3-5-15-8/h8,11,14H,2-7H2,1H3. The predicted molar refractivity (Wildman–Crippen MR) is 54.4 cm³/mol. The Morgan fingerprint density at radius 3 is 3.00 bits per heavy atom. The Balaban J connectivity index is 1.90. The lowest BCUT2D eigenvalue weighted by Gasteiger charge is -2.27. The Morgan fingerprint density at radius 2 is 2.47 bits per heavy atom. The summed E-state index contributed by atoms with van der Waals surface area (Å²) in [6.45, 7) is 4.79. The largest absolute Gasteiger partial charge is 0.388 e. The molecule has 0 radical (unpaired) electrons. The summed E-state index contributed by atoms with van der Waals surface area (Å²) in [6.07, 6.45) is 0.284. The van der Waals surface area contributed by atoms with E-state index in [-0.39, 0.29) is 12.0 Å². The maximum atomic E-state index is 11.9. The van der Waals surface area contributed by atoms with E-state index in [1.165, 1.54) is 0 Å². The fourth-order valence-electron chi connectivity index (χ4n) is 2.06. The number of aliphatic hydroxyl groups is 1. The monoisotopic (exact) mass is 214 g/mol. The first-order chi connectivity index (χ1) is 7.08. The van der Waals surface area contributed by atoms with E-state index in [4.69, 9.17) is 4.74 Å². The summed E-state index contributed by atoms with van der Waals surface area (Å²) < 4.78 is 5.38. The van der Waals surface area contributed by atoms with Gasteiger partial charge in [-0.25, -0.2) is 0 Å². The fourth-order valence-corrected chi connectivity index (χ4v) is 2.06. The lowest BCUT2D eigenvalue weighted by Crippen LogP contribution is -2.49. The number of amides is 1. The van der Waals surface area contributed by atoms with E-state index in [2.05, 4.69) is 5.32 Å². The fraction of sp³-hybridized carbons (Fsp3) is 0.900. The van der Waals surface area contributed by atoms with Crippen molar-refractivity contribution in [3.8, 4) is 0 Å². The highest BCUT2D eigenvalue weighted by Crippen LogP contribution is 2.21. The molecule has 15 heavy (non-hydrogen) atoms. The number of morpholine rings is 1. The normalized spacial score (nSPS) is 36.9. The number of likely N-dealkylation sites (tertiary alicyclic amines) is 1. The summed E-state index contributed by atoms with van der Waals surface area (Å²) in [6, 6.07) is 0. The molecule has 2 unspecified atom stereocenters. The average Bonchev–Trinajstić information content (AvgIpc) is 2.59. The van der Waals surface area contributed by atoms with E-state index in [0.717, 1.165) is 6.54 Å². The summed E-state index contributed by atoms with van der Waals surface area (Å²) >= 11 is 0. The van der Waals surface area contributed by atoms with Crippen molar-refractivity contribution in [2.45, 2.75) is 25.0 Å². The van der Waals surface area contributed by atoms with Crippen LogP contribution in [0.5, 0.6) is 0 Å². The third kappa shape index (κ3) is 2.48. The van der Waals surface area contributed by atoms with Gasteiger partial charge in [-0.1, -0.05) is 0 Å². The number of carbonyl (C=O) groups excluding carboxylic acids is 1. The van der Waals surface area contributed by atoms with Crippen LogP contribution >= 0.6 is 0 Å². The van der Waals surface area contributed by atoms with Gasteiger partial charge in [-0.05, 0) is 13.3 Å². The molecule has 0 aromatic rings. The van der Waals surface area contributed by atoms with E-state index in [1.54, 1.807) is 11.8 Å². The molecule has 1 amide bonds. The Labute approximate surface area is 89.4 Å². The lowest BCUT2D eigenvalue weighted by molar-refractivity contribution is -0.144. The number of ether oxygens (including phenoxy) is 1. The quantitative estimate of drug-likeness (QED) is 0.585. The van der Waals surface area contributed by atoms with Crippen molar-refractivity contribution >= 4 is 5.91 Å². The topological polar surface area (TPSA) is 61.8 Å². The van der Waals surface area contributed by atoms with Crippen LogP contribution in [0.4, 0.5) is 0 Å².